The van der Waals surface area contributed by atoms with E-state index in [0.717, 1.165) is 29.9 Å². The van der Waals surface area contributed by atoms with Crippen molar-refractivity contribution in [3.05, 3.63) is 65.0 Å². The number of hydrogen-bond acceptors (Lipinski definition) is 3. The number of ether oxygens (including phenoxy) is 2. The minimum Gasteiger partial charge on any atom is -0.488 e. The maximum atomic E-state index is 13.7. The first-order valence-corrected chi connectivity index (χ1v) is 9.67. The van der Waals surface area contributed by atoms with Crippen LogP contribution in [-0.2, 0) is 17.7 Å². The molecule has 1 atom stereocenters. The van der Waals surface area contributed by atoms with Crippen LogP contribution >= 0.6 is 0 Å². The summed E-state index contributed by atoms with van der Waals surface area (Å²) in [5, 5.41) is 6.54. The molecular weight excluding hydrogens is 357 g/mol. The van der Waals surface area contributed by atoms with Crippen LogP contribution in [0.15, 0.2) is 47.5 Å². The molecule has 2 N–H and O–H groups in total. The number of aliphatic imine (C=N–C) groups is 1. The van der Waals surface area contributed by atoms with Crippen molar-refractivity contribution in [1.29, 1.82) is 0 Å². The molecule has 0 aliphatic carbocycles. The average molecular weight is 385 g/mol. The monoisotopic (exact) mass is 385 g/mol. The number of halogens is 1. The number of nitrogens with zero attached hydrogens (tertiary/aromatic N) is 1. The second-order valence-corrected chi connectivity index (χ2v) is 6.91. The van der Waals surface area contributed by atoms with Crippen LogP contribution < -0.4 is 15.4 Å². The van der Waals surface area contributed by atoms with Crippen LogP contribution in [0, 0.1) is 12.7 Å². The van der Waals surface area contributed by atoms with E-state index >= 15 is 0 Å². The van der Waals surface area contributed by atoms with Crippen molar-refractivity contribution in [3.8, 4) is 5.75 Å². The van der Waals surface area contributed by atoms with E-state index in [1.165, 1.54) is 6.07 Å². The van der Waals surface area contributed by atoms with E-state index in [0.29, 0.717) is 37.6 Å². The van der Waals surface area contributed by atoms with Crippen LogP contribution in [0.5, 0.6) is 5.75 Å². The smallest absolute Gasteiger partial charge is 0.191 e. The molecule has 1 saturated heterocycles. The number of guanidine groups is 1. The molecule has 1 aliphatic rings. The molecule has 28 heavy (non-hydrogen) atoms. The Labute approximate surface area is 166 Å². The Kier molecular flexibility index (Phi) is 7.25. The zero-order valence-electron chi connectivity index (χ0n) is 16.5. The van der Waals surface area contributed by atoms with Gasteiger partial charge in [0.1, 0.15) is 17.7 Å². The minimum absolute atomic E-state index is 0.110. The van der Waals surface area contributed by atoms with Crippen molar-refractivity contribution >= 4 is 5.96 Å². The fraction of sp³-hybridized carbons (Fsp3) is 0.409. The molecule has 0 bridgehead atoms. The molecule has 0 aromatic heterocycles. The molecule has 1 aliphatic heterocycles. The maximum absolute atomic E-state index is 13.7. The van der Waals surface area contributed by atoms with Crippen molar-refractivity contribution in [2.75, 3.05) is 26.8 Å². The van der Waals surface area contributed by atoms with Crippen molar-refractivity contribution in [3.63, 3.8) is 0 Å². The first-order chi connectivity index (χ1) is 13.7. The van der Waals surface area contributed by atoms with Crippen LogP contribution in [-0.4, -0.2) is 38.9 Å². The van der Waals surface area contributed by atoms with Gasteiger partial charge in [0.15, 0.2) is 5.96 Å². The van der Waals surface area contributed by atoms with E-state index in [4.69, 9.17) is 9.47 Å². The Morgan fingerprint density at radius 3 is 2.82 bits per heavy atom. The molecule has 5 nitrogen and oxygen atoms in total. The van der Waals surface area contributed by atoms with Gasteiger partial charge in [-0.3, -0.25) is 4.99 Å². The summed E-state index contributed by atoms with van der Waals surface area (Å²) < 4.78 is 25.3. The summed E-state index contributed by atoms with van der Waals surface area (Å²) in [6, 6.07) is 13.0. The van der Waals surface area contributed by atoms with Crippen LogP contribution in [0.3, 0.4) is 0 Å². The lowest BCUT2D eigenvalue weighted by Crippen LogP contribution is -2.38. The summed E-state index contributed by atoms with van der Waals surface area (Å²) in [4.78, 5) is 4.25. The molecule has 0 amide bonds. The maximum Gasteiger partial charge on any atom is 0.191 e. The van der Waals surface area contributed by atoms with Crippen molar-refractivity contribution in [2.24, 2.45) is 4.99 Å². The third kappa shape index (κ3) is 5.70. The molecule has 2 aromatic carbocycles. The average Bonchev–Trinajstić information content (AvgIpc) is 3.20. The van der Waals surface area contributed by atoms with Gasteiger partial charge < -0.3 is 20.1 Å². The van der Waals surface area contributed by atoms with E-state index in [9.17, 15) is 4.39 Å². The Morgan fingerprint density at radius 1 is 1.21 bits per heavy atom. The normalized spacial score (nSPS) is 16.8. The Hall–Kier alpha value is -2.60. The van der Waals surface area contributed by atoms with Gasteiger partial charge in [-0.15, -0.1) is 0 Å². The van der Waals surface area contributed by atoms with Crippen molar-refractivity contribution < 1.29 is 13.9 Å². The van der Waals surface area contributed by atoms with Crippen LogP contribution in [0.1, 0.15) is 23.1 Å². The molecule has 1 unspecified atom stereocenters. The zero-order chi connectivity index (χ0) is 19.8. The Bertz CT molecular complexity index is 804. The van der Waals surface area contributed by atoms with Crippen molar-refractivity contribution in [2.45, 2.75) is 32.4 Å². The van der Waals surface area contributed by atoms with Gasteiger partial charge in [0, 0.05) is 32.1 Å². The standard InChI is InChI=1S/C22H28FN3O2/c1-16-7-8-18(21(13-16)28-19-10-12-27-15-19)14-26-22(24-2)25-11-9-17-5-3-4-6-20(17)23/h3-8,13,19H,9-12,14-15H2,1-2H3,(H2,24,25,26). The van der Waals surface area contributed by atoms with Gasteiger partial charge in [-0.25, -0.2) is 4.39 Å². The first-order valence-electron chi connectivity index (χ1n) is 9.67. The molecule has 1 heterocycles. The van der Waals surface area contributed by atoms with Gasteiger partial charge in [-0.1, -0.05) is 30.3 Å². The zero-order valence-corrected chi connectivity index (χ0v) is 16.5. The molecule has 2 aromatic rings. The Morgan fingerprint density at radius 2 is 2.07 bits per heavy atom. The van der Waals surface area contributed by atoms with Crippen molar-refractivity contribution in [1.82, 2.24) is 10.6 Å². The number of aryl methyl sites for hydroxylation is 1. The van der Waals surface area contributed by atoms with Gasteiger partial charge in [0.25, 0.3) is 0 Å². The number of benzene rings is 2. The highest BCUT2D eigenvalue weighted by Gasteiger charge is 2.18. The summed E-state index contributed by atoms with van der Waals surface area (Å²) in [6.07, 6.45) is 1.62. The molecule has 1 fully saturated rings. The fourth-order valence-electron chi connectivity index (χ4n) is 3.12. The summed E-state index contributed by atoms with van der Waals surface area (Å²) >= 11 is 0. The minimum atomic E-state index is -0.176. The number of rotatable bonds is 7. The first kappa shape index (κ1) is 20.1. The number of nitrogens with one attached hydrogen (secondary N) is 2. The van der Waals surface area contributed by atoms with E-state index in [-0.39, 0.29) is 11.9 Å². The highest BCUT2D eigenvalue weighted by atomic mass is 19.1. The van der Waals surface area contributed by atoms with E-state index in [1.54, 1.807) is 19.2 Å². The molecule has 0 saturated carbocycles. The van der Waals surface area contributed by atoms with Gasteiger partial charge in [-0.05, 0) is 36.6 Å². The summed E-state index contributed by atoms with van der Waals surface area (Å²) in [6.45, 7) is 4.63. The topological polar surface area (TPSA) is 54.9 Å². The summed E-state index contributed by atoms with van der Waals surface area (Å²) in [5.74, 6) is 1.38. The molecular formula is C22H28FN3O2. The second-order valence-electron chi connectivity index (χ2n) is 6.91. The van der Waals surface area contributed by atoms with Crippen LogP contribution in [0.25, 0.3) is 0 Å². The van der Waals surface area contributed by atoms with E-state index in [2.05, 4.69) is 40.7 Å². The third-order valence-electron chi connectivity index (χ3n) is 4.72. The Balaban J connectivity index is 1.53. The predicted octanol–water partition coefficient (Wildman–Crippen LogP) is 3.21. The highest BCUT2D eigenvalue weighted by molar-refractivity contribution is 5.79. The summed E-state index contributed by atoms with van der Waals surface area (Å²) in [7, 11) is 1.72. The quantitative estimate of drug-likeness (QED) is 0.568. The molecule has 6 heteroatoms. The van der Waals surface area contributed by atoms with Crippen LogP contribution in [0.2, 0.25) is 0 Å². The lowest BCUT2D eigenvalue weighted by atomic mass is 10.1. The predicted molar refractivity (Wildman–Crippen MR) is 109 cm³/mol. The van der Waals surface area contributed by atoms with Crippen LogP contribution in [0.4, 0.5) is 4.39 Å². The van der Waals surface area contributed by atoms with Gasteiger partial charge in [0.2, 0.25) is 0 Å². The van der Waals surface area contributed by atoms with E-state index < -0.39 is 0 Å². The largest absolute Gasteiger partial charge is 0.488 e. The molecule has 150 valence electrons. The SMILES string of the molecule is CN=C(NCCc1ccccc1F)NCc1ccc(C)cc1OC1CCOC1. The molecule has 0 spiro atoms. The lowest BCUT2D eigenvalue weighted by molar-refractivity contribution is 0.140. The highest BCUT2D eigenvalue weighted by Crippen LogP contribution is 2.23. The lowest BCUT2D eigenvalue weighted by Gasteiger charge is -2.18. The third-order valence-corrected chi connectivity index (χ3v) is 4.72. The number of hydrogen-bond donors (Lipinski definition) is 2. The summed E-state index contributed by atoms with van der Waals surface area (Å²) in [5.41, 5.74) is 2.91. The second kappa shape index (κ2) is 10.1. The molecule has 0 radical (unpaired) electrons. The molecule has 3 rings (SSSR count). The van der Waals surface area contributed by atoms with Gasteiger partial charge >= 0.3 is 0 Å². The fourth-order valence-corrected chi connectivity index (χ4v) is 3.12. The van der Waals surface area contributed by atoms with Gasteiger partial charge in [0.05, 0.1) is 13.2 Å². The van der Waals surface area contributed by atoms with E-state index in [1.807, 2.05) is 6.07 Å². The van der Waals surface area contributed by atoms with Gasteiger partial charge in [-0.2, -0.15) is 0 Å².